The fraction of sp³-hybridized carbons (Fsp3) is 0.553. The largest absolute Gasteiger partial charge is 0.441 e. The summed E-state index contributed by atoms with van der Waals surface area (Å²) in [5, 5.41) is 2.93. The molecule has 6 nitrogen and oxygen atoms in total. The molecule has 0 unspecified atom stereocenters. The number of hydrogen-bond donors (Lipinski definition) is 1. The molecule has 2 rings (SSSR count). The molecule has 0 aromatic heterocycles. The molecule has 1 aromatic rings. The maximum Gasteiger partial charge on any atom is 0.409 e. The number of ketones is 1. The Morgan fingerprint density at radius 2 is 1.45 bits per heavy atom. The molecule has 1 fully saturated rings. The third-order valence-electron chi connectivity index (χ3n) is 6.90. The Bertz CT molecular complexity index is 1060. The minimum absolute atomic E-state index is 0.0276. The van der Waals surface area contributed by atoms with Crippen LogP contribution in [0, 0.1) is 25.2 Å². The number of nitrogens with zero attached hydrogens (tertiary/aromatic N) is 1. The van der Waals surface area contributed by atoms with Gasteiger partial charge in [-0.3, -0.25) is 9.59 Å². The average molecular weight is 739 g/mol. The minimum atomic E-state index is -0.438. The van der Waals surface area contributed by atoms with E-state index in [1.165, 1.54) is 49.5 Å². The number of amides is 2. The first kappa shape index (κ1) is 61.0. The fourth-order valence-electron chi connectivity index (χ4n) is 4.08. The highest BCUT2D eigenvalue weighted by Crippen LogP contribution is 2.22. The van der Waals surface area contributed by atoms with E-state index in [9.17, 15) is 14.4 Å². The van der Waals surface area contributed by atoms with Gasteiger partial charge >= 0.3 is 6.09 Å². The average Bonchev–Trinajstić information content (AvgIpc) is 3.17. The van der Waals surface area contributed by atoms with Gasteiger partial charge in [-0.2, -0.15) is 0 Å². The molecule has 0 atom stereocenters. The van der Waals surface area contributed by atoms with Crippen molar-refractivity contribution in [3.05, 3.63) is 98.2 Å². The van der Waals surface area contributed by atoms with Crippen LogP contribution in [0.25, 0.3) is 0 Å². The van der Waals surface area contributed by atoms with Gasteiger partial charge in [0.1, 0.15) is 0 Å². The summed E-state index contributed by atoms with van der Waals surface area (Å²) in [4.78, 5) is 34.6. The highest BCUT2D eigenvalue weighted by molar-refractivity contribution is 5.93. The van der Waals surface area contributed by atoms with E-state index < -0.39 is 6.09 Å². The quantitative estimate of drug-likeness (QED) is 0.0761. The van der Waals surface area contributed by atoms with Gasteiger partial charge in [0.2, 0.25) is 5.91 Å². The molecule has 0 radical (unpaired) electrons. The van der Waals surface area contributed by atoms with Gasteiger partial charge in [-0.25, -0.2) is 4.79 Å². The summed E-state index contributed by atoms with van der Waals surface area (Å²) in [6.07, 6.45) is 23.9. The van der Waals surface area contributed by atoms with Crippen LogP contribution in [0.1, 0.15) is 139 Å². The van der Waals surface area contributed by atoms with Crippen LogP contribution in [0.3, 0.4) is 0 Å². The number of rotatable bonds is 12. The molecule has 2 amide bonds. The summed E-state index contributed by atoms with van der Waals surface area (Å²) in [6.45, 7) is 36.1. The van der Waals surface area contributed by atoms with Crippen LogP contribution in [-0.4, -0.2) is 49.4 Å². The zero-order valence-corrected chi connectivity index (χ0v) is 36.3. The molecule has 1 aliphatic rings. The number of carbonyl (C=O) groups excluding carboxylic acids is 3. The van der Waals surface area contributed by atoms with Gasteiger partial charge in [0.05, 0.1) is 0 Å². The van der Waals surface area contributed by atoms with E-state index in [1.54, 1.807) is 13.1 Å². The monoisotopic (exact) mass is 739 g/mol. The Labute approximate surface area is 329 Å². The lowest BCUT2D eigenvalue weighted by Crippen LogP contribution is -2.29. The van der Waals surface area contributed by atoms with E-state index in [0.29, 0.717) is 6.54 Å². The third-order valence-corrected chi connectivity index (χ3v) is 6.90. The van der Waals surface area contributed by atoms with Crippen molar-refractivity contribution in [3.63, 3.8) is 0 Å². The molecular weight excluding hydrogens is 657 g/mol. The van der Waals surface area contributed by atoms with Crippen molar-refractivity contribution >= 4 is 17.8 Å². The Balaban J connectivity index is -0.000000136. The first-order valence-electron chi connectivity index (χ1n) is 19.4. The zero-order valence-electron chi connectivity index (χ0n) is 36.3. The predicted octanol–water partition coefficient (Wildman–Crippen LogP) is 13.1. The van der Waals surface area contributed by atoms with E-state index in [2.05, 4.69) is 74.8 Å². The second-order valence-electron chi connectivity index (χ2n) is 12.0. The van der Waals surface area contributed by atoms with Crippen LogP contribution in [-0.2, 0) is 14.3 Å². The van der Waals surface area contributed by atoms with Crippen molar-refractivity contribution in [1.82, 2.24) is 10.2 Å². The molecule has 1 saturated carbocycles. The fourth-order valence-corrected chi connectivity index (χ4v) is 4.08. The van der Waals surface area contributed by atoms with Crippen molar-refractivity contribution in [2.24, 2.45) is 5.92 Å². The zero-order chi connectivity index (χ0) is 42.3. The number of terminal acetylenes is 1. The summed E-state index contributed by atoms with van der Waals surface area (Å²) in [7, 11) is 1.64. The number of carbonyl (C=O) groups is 3. The van der Waals surface area contributed by atoms with Gasteiger partial charge in [0.25, 0.3) is 0 Å². The van der Waals surface area contributed by atoms with Gasteiger partial charge in [-0.15, -0.1) is 45.2 Å². The molecule has 0 aliphatic heterocycles. The number of benzene rings is 1. The summed E-state index contributed by atoms with van der Waals surface area (Å²) in [5.74, 6) is 3.55. The molecule has 1 aliphatic carbocycles. The first-order valence-corrected chi connectivity index (χ1v) is 19.4. The van der Waals surface area contributed by atoms with E-state index in [4.69, 9.17) is 6.42 Å². The maximum absolute atomic E-state index is 11.7. The molecule has 53 heavy (non-hydrogen) atoms. The highest BCUT2D eigenvalue weighted by atomic mass is 16.6. The number of aryl methyl sites for hydroxylation is 1. The second kappa shape index (κ2) is 52.3. The van der Waals surface area contributed by atoms with Gasteiger partial charge in [-0.05, 0) is 66.7 Å². The van der Waals surface area contributed by atoms with Crippen molar-refractivity contribution in [2.45, 2.75) is 140 Å². The van der Waals surface area contributed by atoms with Crippen molar-refractivity contribution in [1.29, 1.82) is 0 Å². The van der Waals surface area contributed by atoms with Crippen LogP contribution in [0.4, 0.5) is 4.79 Å². The number of ether oxygens (including phenoxy) is 1. The normalized spacial score (nSPS) is 11.2. The molecule has 0 saturated heterocycles. The molecule has 304 valence electrons. The lowest BCUT2D eigenvalue weighted by molar-refractivity contribution is -0.120. The number of unbranched alkanes of at least 4 members (excludes halogenated alkanes) is 4. The number of allylic oxidation sites excluding steroid dienone is 4. The Morgan fingerprint density at radius 3 is 1.83 bits per heavy atom. The Kier molecular flexibility index (Phi) is 60.1. The SMILES string of the molecule is C#CCCCCCCNC(=O)/C(C)=C\C(C)=C\C.C=C.C=C.C=CC.CC.CC1CCCCC1.CCCN(C)C(=O)OCC(C)=O.Cc1ccccc1. The lowest BCUT2D eigenvalue weighted by atomic mass is 9.91. The molecule has 0 spiro atoms. The van der Waals surface area contributed by atoms with Gasteiger partial charge in [0, 0.05) is 32.1 Å². The summed E-state index contributed by atoms with van der Waals surface area (Å²) < 4.78 is 4.66. The van der Waals surface area contributed by atoms with E-state index in [1.807, 2.05) is 78.8 Å². The molecule has 1 aromatic carbocycles. The summed E-state index contributed by atoms with van der Waals surface area (Å²) in [5.41, 5.74) is 3.19. The smallest absolute Gasteiger partial charge is 0.409 e. The summed E-state index contributed by atoms with van der Waals surface area (Å²) in [6, 6.07) is 10.3. The number of Topliss-reactive ketones (excluding diaryl/α,β-unsaturated/α-hetero) is 1. The van der Waals surface area contributed by atoms with Crippen LogP contribution >= 0.6 is 0 Å². The second-order valence-corrected chi connectivity index (χ2v) is 12.0. The topological polar surface area (TPSA) is 75.7 Å². The van der Waals surface area contributed by atoms with Gasteiger partial charge in [-0.1, -0.05) is 132 Å². The first-order chi connectivity index (χ1) is 25.4. The number of nitrogens with one attached hydrogen (secondary N) is 1. The standard InChI is InChI=1S/C16H25NO.C8H15NO3.C7H14.C7H8.C3H6.C2H6.2C2H4/c1-5-7-8-9-10-11-12-17-16(18)15(4)13-14(3)6-2;1-4-5-9(3)8(11)12-6-7(2)10;2*1-7-5-3-2-4-6-7;1-3-2;3*1-2/h1,6,13H,7-12H2,2-4H3,(H,17,18);4-6H2,1-3H3;7H,2-6H2,1H3;2-6H,1H3;3H,1H2,2H3;1-2H3;2*1-2H2/b14-6+,15-13-;;;;;;;. The van der Waals surface area contributed by atoms with Gasteiger partial charge < -0.3 is 15.0 Å². The van der Waals surface area contributed by atoms with Crippen LogP contribution < -0.4 is 5.32 Å². The minimum Gasteiger partial charge on any atom is -0.441 e. The van der Waals surface area contributed by atoms with Crippen molar-refractivity contribution < 1.29 is 19.1 Å². The van der Waals surface area contributed by atoms with Gasteiger partial charge in [0.15, 0.2) is 12.4 Å². The number of hydrogen-bond acceptors (Lipinski definition) is 4. The van der Waals surface area contributed by atoms with Crippen molar-refractivity contribution in [3.8, 4) is 12.3 Å². The molecular formula is C47H82N2O4. The van der Waals surface area contributed by atoms with E-state index in [0.717, 1.165) is 62.1 Å². The van der Waals surface area contributed by atoms with Crippen LogP contribution in [0.2, 0.25) is 0 Å². The third kappa shape index (κ3) is 54.8. The molecule has 0 bridgehead atoms. The Morgan fingerprint density at radius 1 is 0.943 bits per heavy atom. The molecule has 0 heterocycles. The van der Waals surface area contributed by atoms with E-state index in [-0.39, 0.29) is 18.3 Å². The van der Waals surface area contributed by atoms with Crippen LogP contribution in [0.5, 0.6) is 0 Å². The summed E-state index contributed by atoms with van der Waals surface area (Å²) >= 11 is 0. The molecule has 1 N–H and O–H groups in total. The predicted molar refractivity (Wildman–Crippen MR) is 236 cm³/mol. The highest BCUT2D eigenvalue weighted by Gasteiger charge is 2.09. The van der Waals surface area contributed by atoms with Crippen LogP contribution in [0.15, 0.2) is 92.6 Å². The maximum atomic E-state index is 11.7. The lowest BCUT2D eigenvalue weighted by Gasteiger charge is -2.15. The van der Waals surface area contributed by atoms with E-state index >= 15 is 0 Å². The molecule has 6 heteroatoms. The Hall–Kier alpha value is -4.11. The van der Waals surface area contributed by atoms with Crippen molar-refractivity contribution in [2.75, 3.05) is 26.7 Å².